The third-order valence-electron chi connectivity index (χ3n) is 5.14. The quantitative estimate of drug-likeness (QED) is 0.724. The average molecular weight is 362 g/mol. The summed E-state index contributed by atoms with van der Waals surface area (Å²) in [4.78, 5) is 25.2. The minimum Gasteiger partial charge on any atom is -0.469 e. The molecule has 0 bridgehead atoms. The standard InChI is InChI=1S/C21H32N2O3/c1-15(2)13-17-5-7-18(8-6-17)16(3)22-20(24)14-23-11-9-19(10-12-23)21(25)26-4/h5-8,15-16,19H,9-14H2,1-4H3,(H,22,24)/p+1/t16-/m1/s1. The number of hydrogen-bond acceptors (Lipinski definition) is 3. The predicted octanol–water partition coefficient (Wildman–Crippen LogP) is 1.53. The van der Waals surface area contributed by atoms with E-state index in [1.165, 1.54) is 17.6 Å². The highest BCUT2D eigenvalue weighted by Crippen LogP contribution is 2.15. The van der Waals surface area contributed by atoms with Crippen LogP contribution in [0.1, 0.15) is 50.8 Å². The van der Waals surface area contributed by atoms with E-state index in [0.717, 1.165) is 37.9 Å². The molecule has 0 aromatic heterocycles. The molecule has 26 heavy (non-hydrogen) atoms. The van der Waals surface area contributed by atoms with E-state index in [1.54, 1.807) is 0 Å². The number of benzene rings is 1. The number of rotatable bonds is 7. The molecule has 1 heterocycles. The zero-order valence-corrected chi connectivity index (χ0v) is 16.5. The molecule has 1 fully saturated rings. The van der Waals surface area contributed by atoms with E-state index in [1.807, 2.05) is 6.92 Å². The summed E-state index contributed by atoms with van der Waals surface area (Å²) in [7, 11) is 1.44. The second-order valence-corrected chi connectivity index (χ2v) is 7.85. The van der Waals surface area contributed by atoms with Crippen LogP contribution in [0.5, 0.6) is 0 Å². The Morgan fingerprint density at radius 1 is 1.15 bits per heavy atom. The molecule has 0 unspecified atom stereocenters. The maximum absolute atomic E-state index is 12.4. The van der Waals surface area contributed by atoms with Gasteiger partial charge in [0.05, 0.1) is 32.2 Å². The van der Waals surface area contributed by atoms with Gasteiger partial charge in [0.2, 0.25) is 0 Å². The van der Waals surface area contributed by atoms with Crippen LogP contribution in [-0.4, -0.2) is 38.6 Å². The molecule has 1 atom stereocenters. The van der Waals surface area contributed by atoms with E-state index >= 15 is 0 Å². The lowest BCUT2D eigenvalue weighted by atomic mass is 9.97. The van der Waals surface area contributed by atoms with Crippen LogP contribution in [-0.2, 0) is 20.7 Å². The van der Waals surface area contributed by atoms with E-state index in [0.29, 0.717) is 12.5 Å². The first-order valence-electron chi connectivity index (χ1n) is 9.68. The first-order valence-corrected chi connectivity index (χ1v) is 9.68. The van der Waals surface area contributed by atoms with Crippen LogP contribution >= 0.6 is 0 Å². The summed E-state index contributed by atoms with van der Waals surface area (Å²) in [6.07, 6.45) is 2.66. The largest absolute Gasteiger partial charge is 0.469 e. The fraction of sp³-hybridized carbons (Fsp3) is 0.619. The number of likely N-dealkylation sites (tertiary alicyclic amines) is 1. The second kappa shape index (κ2) is 9.72. The van der Waals surface area contributed by atoms with Crippen LogP contribution in [0.2, 0.25) is 0 Å². The van der Waals surface area contributed by atoms with E-state index in [9.17, 15) is 9.59 Å². The number of amides is 1. The van der Waals surface area contributed by atoms with Crippen molar-refractivity contribution in [3.05, 3.63) is 35.4 Å². The van der Waals surface area contributed by atoms with Gasteiger partial charge in [-0.2, -0.15) is 0 Å². The van der Waals surface area contributed by atoms with Gasteiger partial charge < -0.3 is 15.0 Å². The Balaban J connectivity index is 1.78. The van der Waals surface area contributed by atoms with Crippen LogP contribution in [0.15, 0.2) is 24.3 Å². The molecule has 1 aliphatic heterocycles. The number of carbonyl (C=O) groups excluding carboxylic acids is 2. The molecule has 2 rings (SSSR count). The topological polar surface area (TPSA) is 59.8 Å². The number of hydrogen-bond donors (Lipinski definition) is 2. The maximum atomic E-state index is 12.4. The molecule has 1 aromatic carbocycles. The highest BCUT2D eigenvalue weighted by Gasteiger charge is 2.29. The number of nitrogens with one attached hydrogen (secondary N) is 2. The van der Waals surface area contributed by atoms with E-state index in [-0.39, 0.29) is 23.8 Å². The molecule has 0 spiro atoms. The van der Waals surface area contributed by atoms with Gasteiger partial charge in [-0.25, -0.2) is 0 Å². The van der Waals surface area contributed by atoms with Crippen molar-refractivity contribution >= 4 is 11.9 Å². The highest BCUT2D eigenvalue weighted by molar-refractivity contribution is 5.77. The monoisotopic (exact) mass is 361 g/mol. The average Bonchev–Trinajstić information content (AvgIpc) is 2.61. The third kappa shape index (κ3) is 6.13. The maximum Gasteiger partial charge on any atom is 0.309 e. The minimum absolute atomic E-state index is 0.00242. The zero-order chi connectivity index (χ0) is 19.1. The van der Waals surface area contributed by atoms with Crippen molar-refractivity contribution in [3.63, 3.8) is 0 Å². The summed E-state index contributed by atoms with van der Waals surface area (Å²) in [5, 5.41) is 3.10. The molecule has 1 aliphatic rings. The Morgan fingerprint density at radius 2 is 1.77 bits per heavy atom. The van der Waals surface area contributed by atoms with Crippen molar-refractivity contribution in [2.75, 3.05) is 26.7 Å². The molecule has 0 saturated carbocycles. The van der Waals surface area contributed by atoms with E-state index in [4.69, 9.17) is 4.74 Å². The van der Waals surface area contributed by atoms with Gasteiger partial charge in [-0.1, -0.05) is 38.1 Å². The van der Waals surface area contributed by atoms with Gasteiger partial charge in [-0.15, -0.1) is 0 Å². The fourth-order valence-corrected chi connectivity index (χ4v) is 3.62. The minimum atomic E-state index is -0.122. The van der Waals surface area contributed by atoms with Crippen molar-refractivity contribution in [1.82, 2.24) is 5.32 Å². The first kappa shape index (κ1) is 20.4. The molecule has 0 radical (unpaired) electrons. The lowest BCUT2D eigenvalue weighted by Crippen LogP contribution is -3.14. The third-order valence-corrected chi connectivity index (χ3v) is 5.14. The van der Waals surface area contributed by atoms with Gasteiger partial charge in [-0.3, -0.25) is 9.59 Å². The second-order valence-electron chi connectivity index (χ2n) is 7.85. The van der Waals surface area contributed by atoms with Crippen LogP contribution in [0, 0.1) is 11.8 Å². The molecule has 5 nitrogen and oxygen atoms in total. The smallest absolute Gasteiger partial charge is 0.309 e. The number of methoxy groups -OCH3 is 1. The Labute approximate surface area is 157 Å². The number of carbonyl (C=O) groups is 2. The fourth-order valence-electron chi connectivity index (χ4n) is 3.62. The molecule has 1 amide bonds. The van der Waals surface area contributed by atoms with Crippen LogP contribution in [0.25, 0.3) is 0 Å². The highest BCUT2D eigenvalue weighted by atomic mass is 16.5. The van der Waals surface area contributed by atoms with Gasteiger partial charge >= 0.3 is 5.97 Å². The van der Waals surface area contributed by atoms with Gasteiger partial charge in [0.25, 0.3) is 5.91 Å². The SMILES string of the molecule is COC(=O)C1CC[NH+](CC(=O)N[C@H](C)c2ccc(CC(C)C)cc2)CC1. The molecular formula is C21H33N2O3+. The molecule has 1 saturated heterocycles. The summed E-state index contributed by atoms with van der Waals surface area (Å²) >= 11 is 0. The molecule has 1 aromatic rings. The van der Waals surface area contributed by atoms with Crippen molar-refractivity contribution in [2.45, 2.75) is 46.1 Å². The summed E-state index contributed by atoms with van der Waals surface area (Å²) in [5.74, 6) is 0.581. The summed E-state index contributed by atoms with van der Waals surface area (Å²) < 4.78 is 4.81. The Morgan fingerprint density at radius 3 is 2.31 bits per heavy atom. The van der Waals surface area contributed by atoms with Crippen LogP contribution in [0.4, 0.5) is 0 Å². The zero-order valence-electron chi connectivity index (χ0n) is 16.5. The Hall–Kier alpha value is -1.88. The van der Waals surface area contributed by atoms with Gasteiger partial charge in [0.15, 0.2) is 6.54 Å². The van der Waals surface area contributed by atoms with Crippen molar-refractivity contribution in [3.8, 4) is 0 Å². The summed E-state index contributed by atoms with van der Waals surface area (Å²) in [6.45, 7) is 8.59. The number of esters is 1. The lowest BCUT2D eigenvalue weighted by molar-refractivity contribution is -0.897. The number of piperidine rings is 1. The van der Waals surface area contributed by atoms with Gasteiger partial charge in [0.1, 0.15) is 0 Å². The lowest BCUT2D eigenvalue weighted by Gasteiger charge is -2.27. The van der Waals surface area contributed by atoms with Crippen molar-refractivity contribution < 1.29 is 19.2 Å². The Bertz CT molecular complexity index is 590. The predicted molar refractivity (Wildman–Crippen MR) is 102 cm³/mol. The molecule has 5 heteroatoms. The molecule has 2 N–H and O–H groups in total. The van der Waals surface area contributed by atoms with Gasteiger partial charge in [0, 0.05) is 12.8 Å². The normalized spacial score (nSPS) is 21.3. The van der Waals surface area contributed by atoms with Crippen LogP contribution < -0.4 is 10.2 Å². The first-order chi connectivity index (χ1) is 12.4. The summed E-state index contributed by atoms with van der Waals surface area (Å²) in [5.41, 5.74) is 2.46. The Kier molecular flexibility index (Phi) is 7.64. The molecule has 144 valence electrons. The number of ether oxygens (including phenoxy) is 1. The van der Waals surface area contributed by atoms with Crippen molar-refractivity contribution in [2.24, 2.45) is 11.8 Å². The number of quaternary nitrogens is 1. The van der Waals surface area contributed by atoms with E-state index in [2.05, 4.69) is 43.4 Å². The molecular weight excluding hydrogens is 328 g/mol. The molecule has 0 aliphatic carbocycles. The van der Waals surface area contributed by atoms with Crippen LogP contribution in [0.3, 0.4) is 0 Å². The summed E-state index contributed by atoms with van der Waals surface area (Å²) in [6, 6.07) is 8.53. The van der Waals surface area contributed by atoms with Gasteiger partial charge in [-0.05, 0) is 30.4 Å². The van der Waals surface area contributed by atoms with Crippen molar-refractivity contribution in [1.29, 1.82) is 0 Å². The van der Waals surface area contributed by atoms with E-state index < -0.39 is 0 Å².